The molecule has 1 saturated carbocycles. The number of benzene rings is 3. The lowest BCUT2D eigenvalue weighted by atomic mass is 9.88. The summed E-state index contributed by atoms with van der Waals surface area (Å²) in [6.07, 6.45) is 4.00. The van der Waals surface area contributed by atoms with Crippen molar-refractivity contribution in [3.05, 3.63) is 106 Å². The van der Waals surface area contributed by atoms with Crippen molar-refractivity contribution < 1.29 is 4.79 Å². The molecular formula is C30H32Cl2N2O. The molecule has 0 spiro atoms. The third-order valence-electron chi connectivity index (χ3n) is 7.82. The summed E-state index contributed by atoms with van der Waals surface area (Å²) in [5, 5.41) is 4.26. The third-order valence-corrected chi connectivity index (χ3v) is 8.56. The van der Waals surface area contributed by atoms with Gasteiger partial charge in [-0.25, -0.2) is 0 Å². The van der Waals surface area contributed by atoms with Crippen LogP contribution in [0.3, 0.4) is 0 Å². The van der Waals surface area contributed by atoms with E-state index >= 15 is 0 Å². The van der Waals surface area contributed by atoms with Crippen LogP contribution in [-0.4, -0.2) is 37.0 Å². The Balaban J connectivity index is 1.24. The number of carbonyl (C=O) groups excluding carboxylic acids is 1. The summed E-state index contributed by atoms with van der Waals surface area (Å²) in [5.74, 6) is 1.02. The highest BCUT2D eigenvalue weighted by Gasteiger charge is 2.61. The zero-order valence-electron chi connectivity index (χ0n) is 19.9. The molecule has 5 heteroatoms. The molecule has 5 rings (SSSR count). The molecule has 0 radical (unpaired) electrons. The van der Waals surface area contributed by atoms with E-state index in [-0.39, 0.29) is 11.8 Å². The average molecular weight is 508 g/mol. The van der Waals surface area contributed by atoms with Gasteiger partial charge in [0.05, 0.1) is 15.5 Å². The Kier molecular flexibility index (Phi) is 7.48. The summed E-state index contributed by atoms with van der Waals surface area (Å²) in [5.41, 5.74) is 3.13. The number of hydrogen-bond acceptors (Lipinski definition) is 2. The predicted molar refractivity (Wildman–Crippen MR) is 144 cm³/mol. The largest absolute Gasteiger partial charge is 0.355 e. The molecule has 35 heavy (non-hydrogen) atoms. The molecule has 2 fully saturated rings. The van der Waals surface area contributed by atoms with E-state index in [4.69, 9.17) is 23.2 Å². The van der Waals surface area contributed by atoms with Crippen LogP contribution < -0.4 is 5.32 Å². The highest BCUT2D eigenvalue weighted by atomic mass is 35.5. The number of carbonyl (C=O) groups is 1. The fourth-order valence-electron chi connectivity index (χ4n) is 5.70. The molecule has 0 aromatic heterocycles. The van der Waals surface area contributed by atoms with Gasteiger partial charge in [0.2, 0.25) is 5.91 Å². The van der Waals surface area contributed by atoms with E-state index in [1.807, 2.05) is 36.4 Å². The number of likely N-dealkylation sites (tertiary alicyclic amines) is 1. The molecule has 1 N–H and O–H groups in total. The van der Waals surface area contributed by atoms with Crippen molar-refractivity contribution in [3.63, 3.8) is 0 Å². The van der Waals surface area contributed by atoms with Crippen LogP contribution in [0.25, 0.3) is 0 Å². The Bertz CT molecular complexity index is 1150. The quantitative estimate of drug-likeness (QED) is 0.378. The number of piperidine rings is 1. The van der Waals surface area contributed by atoms with Gasteiger partial charge in [-0.1, -0.05) is 89.9 Å². The minimum absolute atomic E-state index is 0.107. The summed E-state index contributed by atoms with van der Waals surface area (Å²) in [6.45, 7) is 3.71. The van der Waals surface area contributed by atoms with Gasteiger partial charge in [0.15, 0.2) is 0 Å². The first kappa shape index (κ1) is 24.4. The minimum atomic E-state index is -0.527. The minimum Gasteiger partial charge on any atom is -0.355 e. The Morgan fingerprint density at radius 1 is 0.914 bits per heavy atom. The van der Waals surface area contributed by atoms with Gasteiger partial charge < -0.3 is 10.2 Å². The van der Waals surface area contributed by atoms with Gasteiger partial charge in [-0.3, -0.25) is 4.79 Å². The Hall–Kier alpha value is -2.33. The van der Waals surface area contributed by atoms with Gasteiger partial charge in [0, 0.05) is 13.1 Å². The maximum absolute atomic E-state index is 13.6. The second-order valence-corrected chi connectivity index (χ2v) is 10.8. The van der Waals surface area contributed by atoms with Gasteiger partial charge >= 0.3 is 0 Å². The van der Waals surface area contributed by atoms with Crippen molar-refractivity contribution in [2.75, 3.05) is 26.2 Å². The van der Waals surface area contributed by atoms with Crippen molar-refractivity contribution in [2.24, 2.45) is 5.92 Å². The molecule has 1 aliphatic heterocycles. The first-order chi connectivity index (χ1) is 17.1. The van der Waals surface area contributed by atoms with E-state index in [0.717, 1.165) is 38.0 Å². The molecule has 1 heterocycles. The first-order valence-electron chi connectivity index (χ1n) is 12.6. The lowest BCUT2D eigenvalue weighted by Crippen LogP contribution is -2.40. The molecule has 2 aliphatic rings. The SMILES string of the molecule is O=C(NCCc1ccccc1)C1(c2ccc(Cl)c(Cl)c2)CC1CN1CCC(c2ccccc2)CC1. The summed E-state index contributed by atoms with van der Waals surface area (Å²) >= 11 is 12.6. The lowest BCUT2D eigenvalue weighted by molar-refractivity contribution is -0.124. The van der Waals surface area contributed by atoms with E-state index in [1.54, 1.807) is 0 Å². The van der Waals surface area contributed by atoms with Crippen LogP contribution in [0, 0.1) is 5.92 Å². The maximum Gasteiger partial charge on any atom is 0.231 e. The Morgan fingerprint density at radius 2 is 1.60 bits per heavy atom. The molecule has 3 aromatic rings. The molecule has 3 nitrogen and oxygen atoms in total. The Labute approximate surface area is 218 Å². The molecule has 0 bridgehead atoms. The molecule has 182 valence electrons. The number of nitrogens with one attached hydrogen (secondary N) is 1. The smallest absolute Gasteiger partial charge is 0.231 e. The number of amides is 1. The average Bonchev–Trinajstić information content (AvgIpc) is 3.62. The second-order valence-electron chi connectivity index (χ2n) is 9.98. The second kappa shape index (κ2) is 10.7. The molecule has 2 unspecified atom stereocenters. The lowest BCUT2D eigenvalue weighted by Gasteiger charge is -2.33. The third kappa shape index (κ3) is 5.43. The van der Waals surface area contributed by atoms with E-state index in [0.29, 0.717) is 22.5 Å². The van der Waals surface area contributed by atoms with Crippen molar-refractivity contribution in [1.82, 2.24) is 10.2 Å². The van der Waals surface area contributed by atoms with Crippen molar-refractivity contribution in [2.45, 2.75) is 37.0 Å². The van der Waals surface area contributed by atoms with Crippen molar-refractivity contribution in [3.8, 4) is 0 Å². The van der Waals surface area contributed by atoms with Crippen LogP contribution in [0.1, 0.15) is 41.9 Å². The maximum atomic E-state index is 13.6. The fraction of sp³-hybridized carbons (Fsp3) is 0.367. The van der Waals surface area contributed by atoms with Crippen LogP contribution in [0.2, 0.25) is 10.0 Å². The standard InChI is InChI=1S/C30H32Cl2N2O/c31-27-12-11-25(19-28(27)32)30(29(35)33-16-13-22-7-3-1-4-8-22)20-26(30)21-34-17-14-24(15-18-34)23-9-5-2-6-10-23/h1-12,19,24,26H,13-18,20-21H2,(H,33,35). The fourth-order valence-corrected chi connectivity index (χ4v) is 5.99. The summed E-state index contributed by atoms with van der Waals surface area (Å²) < 4.78 is 0. The van der Waals surface area contributed by atoms with E-state index < -0.39 is 5.41 Å². The zero-order chi connectivity index (χ0) is 24.3. The first-order valence-corrected chi connectivity index (χ1v) is 13.4. The summed E-state index contributed by atoms with van der Waals surface area (Å²) in [4.78, 5) is 16.1. The van der Waals surface area contributed by atoms with Gasteiger partial charge in [-0.15, -0.1) is 0 Å². The van der Waals surface area contributed by atoms with Crippen LogP contribution in [0.5, 0.6) is 0 Å². The number of rotatable bonds is 8. The van der Waals surface area contributed by atoms with Crippen molar-refractivity contribution >= 4 is 29.1 Å². The number of halogens is 2. The molecule has 2 atom stereocenters. The van der Waals surface area contributed by atoms with Crippen LogP contribution in [-0.2, 0) is 16.6 Å². The van der Waals surface area contributed by atoms with E-state index in [2.05, 4.69) is 52.7 Å². The molecular weight excluding hydrogens is 475 g/mol. The zero-order valence-corrected chi connectivity index (χ0v) is 21.4. The number of hydrogen-bond donors (Lipinski definition) is 1. The number of nitrogens with zero attached hydrogens (tertiary/aromatic N) is 1. The van der Waals surface area contributed by atoms with E-state index in [9.17, 15) is 4.79 Å². The van der Waals surface area contributed by atoms with Gasteiger partial charge in [0.1, 0.15) is 0 Å². The highest BCUT2D eigenvalue weighted by Crippen LogP contribution is 2.55. The van der Waals surface area contributed by atoms with Gasteiger partial charge in [0.25, 0.3) is 0 Å². The van der Waals surface area contributed by atoms with Crippen LogP contribution >= 0.6 is 23.2 Å². The van der Waals surface area contributed by atoms with Gasteiger partial charge in [-0.2, -0.15) is 0 Å². The molecule has 3 aromatic carbocycles. The molecule has 1 amide bonds. The predicted octanol–water partition coefficient (Wildman–Crippen LogP) is 6.49. The van der Waals surface area contributed by atoms with Gasteiger partial charge in [-0.05, 0) is 79.4 Å². The highest BCUT2D eigenvalue weighted by molar-refractivity contribution is 6.42. The van der Waals surface area contributed by atoms with Crippen molar-refractivity contribution in [1.29, 1.82) is 0 Å². The molecule has 1 aliphatic carbocycles. The topological polar surface area (TPSA) is 32.3 Å². The van der Waals surface area contributed by atoms with Crippen LogP contribution in [0.15, 0.2) is 78.9 Å². The van der Waals surface area contributed by atoms with E-state index in [1.165, 1.54) is 24.0 Å². The molecule has 1 saturated heterocycles. The van der Waals surface area contributed by atoms with Crippen LogP contribution in [0.4, 0.5) is 0 Å². The Morgan fingerprint density at radius 3 is 2.29 bits per heavy atom. The monoisotopic (exact) mass is 506 g/mol. The summed E-state index contributed by atoms with van der Waals surface area (Å²) in [6, 6.07) is 26.8. The normalized spacial score (nSPS) is 22.6. The summed E-state index contributed by atoms with van der Waals surface area (Å²) in [7, 11) is 0.